The monoisotopic (exact) mass is 168 g/mol. The second-order valence-electron chi connectivity index (χ2n) is 3.44. The SMILES string of the molecule is C=C(C)CCC(=O)C(CC)CC. The van der Waals surface area contributed by atoms with Crippen LogP contribution in [0.3, 0.4) is 0 Å². The Morgan fingerprint density at radius 1 is 1.25 bits per heavy atom. The van der Waals surface area contributed by atoms with Gasteiger partial charge in [0.15, 0.2) is 0 Å². The lowest BCUT2D eigenvalue weighted by Gasteiger charge is -2.10. The van der Waals surface area contributed by atoms with Gasteiger partial charge < -0.3 is 0 Å². The van der Waals surface area contributed by atoms with Crippen LogP contribution in [0, 0.1) is 5.92 Å². The van der Waals surface area contributed by atoms with Crippen molar-refractivity contribution in [2.45, 2.75) is 46.5 Å². The summed E-state index contributed by atoms with van der Waals surface area (Å²) in [5.41, 5.74) is 1.11. The Morgan fingerprint density at radius 2 is 1.75 bits per heavy atom. The van der Waals surface area contributed by atoms with Gasteiger partial charge in [-0.25, -0.2) is 0 Å². The summed E-state index contributed by atoms with van der Waals surface area (Å²) in [5, 5.41) is 0. The highest BCUT2D eigenvalue weighted by Gasteiger charge is 2.12. The molecule has 0 spiro atoms. The fraction of sp³-hybridized carbons (Fsp3) is 0.727. The summed E-state index contributed by atoms with van der Waals surface area (Å²) in [7, 11) is 0. The molecule has 0 amide bonds. The number of ketones is 1. The van der Waals surface area contributed by atoms with Crippen LogP contribution in [-0.2, 0) is 4.79 Å². The maximum absolute atomic E-state index is 11.5. The summed E-state index contributed by atoms with van der Waals surface area (Å²) in [6.07, 6.45) is 3.49. The van der Waals surface area contributed by atoms with Gasteiger partial charge in [0.25, 0.3) is 0 Å². The van der Waals surface area contributed by atoms with E-state index in [0.29, 0.717) is 12.2 Å². The van der Waals surface area contributed by atoms with Crippen molar-refractivity contribution >= 4 is 5.78 Å². The van der Waals surface area contributed by atoms with Crippen molar-refractivity contribution in [3.8, 4) is 0 Å². The average Bonchev–Trinajstić information content (AvgIpc) is 2.03. The minimum absolute atomic E-state index is 0.282. The highest BCUT2D eigenvalue weighted by atomic mass is 16.1. The van der Waals surface area contributed by atoms with Gasteiger partial charge in [-0.1, -0.05) is 19.4 Å². The predicted molar refractivity (Wildman–Crippen MR) is 53.1 cm³/mol. The maximum atomic E-state index is 11.5. The van der Waals surface area contributed by atoms with E-state index in [4.69, 9.17) is 0 Å². The molecular formula is C11H20O. The lowest BCUT2D eigenvalue weighted by Crippen LogP contribution is -2.12. The van der Waals surface area contributed by atoms with Crippen LogP contribution < -0.4 is 0 Å². The first-order chi connectivity index (χ1) is 5.61. The summed E-state index contributed by atoms with van der Waals surface area (Å²) < 4.78 is 0. The number of hydrogen-bond acceptors (Lipinski definition) is 1. The zero-order valence-electron chi connectivity index (χ0n) is 8.52. The number of carbonyl (C=O) groups excluding carboxylic acids is 1. The molecule has 0 heterocycles. The highest BCUT2D eigenvalue weighted by Crippen LogP contribution is 2.13. The molecule has 0 N–H and O–H groups in total. The molecule has 70 valence electrons. The maximum Gasteiger partial charge on any atom is 0.136 e. The molecule has 1 heteroatoms. The molecule has 0 rings (SSSR count). The van der Waals surface area contributed by atoms with E-state index in [1.54, 1.807) is 0 Å². The Hall–Kier alpha value is -0.590. The number of hydrogen-bond donors (Lipinski definition) is 0. The van der Waals surface area contributed by atoms with Crippen LogP contribution in [0.5, 0.6) is 0 Å². The zero-order valence-corrected chi connectivity index (χ0v) is 8.52. The molecule has 0 fully saturated rings. The van der Waals surface area contributed by atoms with Gasteiger partial charge in [0.1, 0.15) is 5.78 Å². The third-order valence-electron chi connectivity index (χ3n) is 2.24. The van der Waals surface area contributed by atoms with Gasteiger partial charge in [-0.15, -0.1) is 6.58 Å². The summed E-state index contributed by atoms with van der Waals surface area (Å²) in [4.78, 5) is 11.5. The van der Waals surface area contributed by atoms with Crippen LogP contribution in [0.15, 0.2) is 12.2 Å². The molecule has 0 aliphatic carbocycles. The summed E-state index contributed by atoms with van der Waals surface area (Å²) in [6.45, 7) is 9.91. The van der Waals surface area contributed by atoms with E-state index in [0.717, 1.165) is 24.8 Å². The van der Waals surface area contributed by atoms with Gasteiger partial charge in [0.2, 0.25) is 0 Å². The molecule has 0 bridgehead atoms. The predicted octanol–water partition coefficient (Wildman–Crippen LogP) is 3.35. The van der Waals surface area contributed by atoms with E-state index < -0.39 is 0 Å². The van der Waals surface area contributed by atoms with Crippen LogP contribution in [0.4, 0.5) is 0 Å². The zero-order chi connectivity index (χ0) is 9.56. The van der Waals surface area contributed by atoms with Crippen molar-refractivity contribution in [3.05, 3.63) is 12.2 Å². The minimum atomic E-state index is 0.282. The van der Waals surface area contributed by atoms with Crippen molar-refractivity contribution in [3.63, 3.8) is 0 Å². The Labute approximate surface area is 75.9 Å². The lowest BCUT2D eigenvalue weighted by molar-refractivity contribution is -0.123. The smallest absolute Gasteiger partial charge is 0.136 e. The Morgan fingerprint density at radius 3 is 2.08 bits per heavy atom. The standard InChI is InChI=1S/C11H20O/c1-5-10(6-2)11(12)8-7-9(3)4/h10H,3,5-8H2,1-2,4H3. The van der Waals surface area contributed by atoms with Gasteiger partial charge in [0, 0.05) is 12.3 Å². The Kier molecular flexibility index (Phi) is 5.69. The van der Waals surface area contributed by atoms with E-state index in [1.807, 2.05) is 6.92 Å². The molecule has 0 saturated carbocycles. The summed E-state index contributed by atoms with van der Waals surface area (Å²) in [6, 6.07) is 0. The second kappa shape index (κ2) is 5.99. The van der Waals surface area contributed by atoms with Gasteiger partial charge in [-0.3, -0.25) is 4.79 Å². The van der Waals surface area contributed by atoms with Crippen molar-refractivity contribution in [2.24, 2.45) is 5.92 Å². The number of carbonyl (C=O) groups is 1. The topological polar surface area (TPSA) is 17.1 Å². The first kappa shape index (κ1) is 11.4. The first-order valence-electron chi connectivity index (χ1n) is 4.78. The molecule has 0 aliphatic rings. The summed E-state index contributed by atoms with van der Waals surface area (Å²) >= 11 is 0. The van der Waals surface area contributed by atoms with Crippen molar-refractivity contribution in [2.75, 3.05) is 0 Å². The van der Waals surface area contributed by atoms with Crippen LogP contribution in [0.1, 0.15) is 46.5 Å². The number of rotatable bonds is 6. The molecule has 1 nitrogen and oxygen atoms in total. The molecule has 12 heavy (non-hydrogen) atoms. The largest absolute Gasteiger partial charge is 0.299 e. The van der Waals surface area contributed by atoms with Crippen LogP contribution in [-0.4, -0.2) is 5.78 Å². The van der Waals surface area contributed by atoms with E-state index in [9.17, 15) is 4.79 Å². The normalized spacial score (nSPS) is 10.3. The molecular weight excluding hydrogens is 148 g/mol. The Balaban J connectivity index is 3.77. The van der Waals surface area contributed by atoms with Crippen LogP contribution >= 0.6 is 0 Å². The molecule has 0 aliphatic heterocycles. The lowest BCUT2D eigenvalue weighted by atomic mass is 9.94. The van der Waals surface area contributed by atoms with E-state index >= 15 is 0 Å². The minimum Gasteiger partial charge on any atom is -0.299 e. The molecule has 0 atom stereocenters. The fourth-order valence-electron chi connectivity index (χ4n) is 1.28. The van der Waals surface area contributed by atoms with E-state index in [2.05, 4.69) is 20.4 Å². The van der Waals surface area contributed by atoms with Crippen molar-refractivity contribution in [1.29, 1.82) is 0 Å². The third kappa shape index (κ3) is 4.32. The summed E-state index contributed by atoms with van der Waals surface area (Å²) in [5.74, 6) is 0.687. The quantitative estimate of drug-likeness (QED) is 0.556. The van der Waals surface area contributed by atoms with Gasteiger partial charge >= 0.3 is 0 Å². The molecule has 0 radical (unpaired) electrons. The first-order valence-corrected chi connectivity index (χ1v) is 4.78. The highest BCUT2D eigenvalue weighted by molar-refractivity contribution is 5.81. The van der Waals surface area contributed by atoms with Crippen LogP contribution in [0.2, 0.25) is 0 Å². The fourth-order valence-corrected chi connectivity index (χ4v) is 1.28. The van der Waals surface area contributed by atoms with Crippen LogP contribution in [0.25, 0.3) is 0 Å². The Bertz CT molecular complexity index is 154. The molecule has 0 aromatic carbocycles. The molecule has 0 aromatic rings. The molecule has 0 unspecified atom stereocenters. The number of allylic oxidation sites excluding steroid dienone is 1. The van der Waals surface area contributed by atoms with Crippen molar-refractivity contribution in [1.82, 2.24) is 0 Å². The van der Waals surface area contributed by atoms with Gasteiger partial charge in [0.05, 0.1) is 0 Å². The average molecular weight is 168 g/mol. The van der Waals surface area contributed by atoms with Crippen molar-refractivity contribution < 1.29 is 4.79 Å². The van der Waals surface area contributed by atoms with Gasteiger partial charge in [-0.2, -0.15) is 0 Å². The van der Waals surface area contributed by atoms with E-state index in [-0.39, 0.29) is 5.92 Å². The number of Topliss-reactive ketones (excluding diaryl/α,β-unsaturated/α-hetero) is 1. The molecule has 0 aromatic heterocycles. The van der Waals surface area contributed by atoms with Gasteiger partial charge in [-0.05, 0) is 26.2 Å². The molecule has 0 saturated heterocycles. The van der Waals surface area contributed by atoms with E-state index in [1.165, 1.54) is 0 Å². The third-order valence-corrected chi connectivity index (χ3v) is 2.24. The second-order valence-corrected chi connectivity index (χ2v) is 3.44.